The highest BCUT2D eigenvalue weighted by Crippen LogP contribution is 2.25. The van der Waals surface area contributed by atoms with Crippen LogP contribution in [0.3, 0.4) is 0 Å². The van der Waals surface area contributed by atoms with Gasteiger partial charge in [-0.3, -0.25) is 0 Å². The summed E-state index contributed by atoms with van der Waals surface area (Å²) >= 11 is 0. The Kier molecular flexibility index (Phi) is 5.26. The molecule has 0 aromatic rings. The van der Waals surface area contributed by atoms with E-state index in [4.69, 9.17) is 4.74 Å². The molecule has 13 heavy (non-hydrogen) atoms. The minimum absolute atomic E-state index is 0.470. The van der Waals surface area contributed by atoms with Gasteiger partial charge >= 0.3 is 0 Å². The number of rotatable bonds is 6. The second-order valence-corrected chi connectivity index (χ2v) is 3.51. The van der Waals surface area contributed by atoms with Crippen LogP contribution in [0.15, 0.2) is 12.2 Å². The molecule has 0 fully saturated rings. The van der Waals surface area contributed by atoms with Crippen molar-refractivity contribution in [3.05, 3.63) is 12.2 Å². The van der Waals surface area contributed by atoms with Crippen LogP contribution in [-0.2, 0) is 4.74 Å². The van der Waals surface area contributed by atoms with Gasteiger partial charge in [-0.1, -0.05) is 20.4 Å². The molecule has 0 aliphatic carbocycles. The molecule has 0 radical (unpaired) electrons. The van der Waals surface area contributed by atoms with Gasteiger partial charge in [-0.05, 0) is 32.3 Å². The molecular weight excluding hydrogens is 164 g/mol. The summed E-state index contributed by atoms with van der Waals surface area (Å²) in [6, 6.07) is 0. The summed E-state index contributed by atoms with van der Waals surface area (Å²) in [4.78, 5) is 0. The van der Waals surface area contributed by atoms with Crippen LogP contribution in [0.2, 0.25) is 0 Å². The van der Waals surface area contributed by atoms with E-state index < -0.39 is 11.7 Å². The average Bonchev–Trinajstić information content (AvgIpc) is 2.15. The van der Waals surface area contributed by atoms with E-state index in [1.807, 2.05) is 27.7 Å². The number of aliphatic hydroxyl groups is 1. The van der Waals surface area contributed by atoms with Crippen LogP contribution in [0.1, 0.15) is 40.5 Å². The summed E-state index contributed by atoms with van der Waals surface area (Å²) < 4.78 is 5.55. The van der Waals surface area contributed by atoms with Gasteiger partial charge in [-0.25, -0.2) is 0 Å². The van der Waals surface area contributed by atoms with Crippen molar-refractivity contribution in [3.63, 3.8) is 0 Å². The first-order valence-corrected chi connectivity index (χ1v) is 5.01. The van der Waals surface area contributed by atoms with Crippen LogP contribution < -0.4 is 0 Å². The normalized spacial score (nSPS) is 17.9. The van der Waals surface area contributed by atoms with Gasteiger partial charge in [-0.2, -0.15) is 0 Å². The number of ether oxygens (including phenoxy) is 1. The second-order valence-electron chi connectivity index (χ2n) is 3.51. The van der Waals surface area contributed by atoms with E-state index in [1.165, 1.54) is 0 Å². The molecular formula is C11H22O2. The first-order valence-electron chi connectivity index (χ1n) is 5.01. The molecule has 1 N–H and O–H groups in total. The van der Waals surface area contributed by atoms with Gasteiger partial charge in [0.2, 0.25) is 0 Å². The molecule has 0 heterocycles. The van der Waals surface area contributed by atoms with Gasteiger partial charge in [0.1, 0.15) is 6.10 Å². The van der Waals surface area contributed by atoms with Crippen molar-refractivity contribution < 1.29 is 9.84 Å². The fraction of sp³-hybridized carbons (Fsp3) is 0.818. The quantitative estimate of drug-likeness (QED) is 0.646. The van der Waals surface area contributed by atoms with Gasteiger partial charge in [0, 0.05) is 6.61 Å². The zero-order valence-corrected chi connectivity index (χ0v) is 9.26. The van der Waals surface area contributed by atoms with E-state index in [9.17, 15) is 5.11 Å². The summed E-state index contributed by atoms with van der Waals surface area (Å²) in [7, 11) is 0. The molecule has 0 saturated carbocycles. The molecule has 2 nitrogen and oxygen atoms in total. The lowest BCUT2D eigenvalue weighted by atomic mass is 9.89. The Morgan fingerprint density at radius 2 is 2.00 bits per heavy atom. The molecule has 0 bridgehead atoms. The summed E-state index contributed by atoms with van der Waals surface area (Å²) in [5.74, 6) is 0. The van der Waals surface area contributed by atoms with Gasteiger partial charge in [0.05, 0.1) is 5.60 Å². The molecule has 0 aliphatic rings. The fourth-order valence-electron chi connectivity index (χ4n) is 1.33. The molecule has 0 saturated heterocycles. The van der Waals surface area contributed by atoms with Crippen molar-refractivity contribution in [1.82, 2.24) is 0 Å². The maximum Gasteiger partial charge on any atom is 0.103 e. The smallest absolute Gasteiger partial charge is 0.103 e. The van der Waals surface area contributed by atoms with Crippen LogP contribution in [0.4, 0.5) is 0 Å². The lowest BCUT2D eigenvalue weighted by Crippen LogP contribution is -2.42. The Hall–Kier alpha value is -0.340. The minimum Gasteiger partial charge on any atom is -0.386 e. The largest absolute Gasteiger partial charge is 0.386 e. The van der Waals surface area contributed by atoms with Crippen molar-refractivity contribution >= 4 is 0 Å². The van der Waals surface area contributed by atoms with E-state index >= 15 is 0 Å². The third kappa shape index (κ3) is 3.12. The summed E-state index contributed by atoms with van der Waals surface area (Å²) in [6.45, 7) is 12.3. The molecule has 0 aromatic heterocycles. The summed E-state index contributed by atoms with van der Waals surface area (Å²) in [6.07, 6.45) is 1.03. The molecule has 2 heteroatoms. The van der Waals surface area contributed by atoms with E-state index in [0.717, 1.165) is 18.4 Å². The summed E-state index contributed by atoms with van der Waals surface area (Å²) in [5, 5.41) is 9.94. The third-order valence-electron chi connectivity index (χ3n) is 2.60. The van der Waals surface area contributed by atoms with Gasteiger partial charge in [0.25, 0.3) is 0 Å². The number of aliphatic hydroxyl groups excluding tert-OH is 1. The molecule has 2 unspecified atom stereocenters. The molecule has 78 valence electrons. The molecule has 0 amide bonds. The predicted molar refractivity (Wildman–Crippen MR) is 55.8 cm³/mol. The van der Waals surface area contributed by atoms with E-state index in [1.54, 1.807) is 0 Å². The molecule has 2 atom stereocenters. The predicted octanol–water partition coefficient (Wildman–Crippen LogP) is 2.52. The molecule has 0 aromatic carbocycles. The topological polar surface area (TPSA) is 29.5 Å². The van der Waals surface area contributed by atoms with E-state index in [2.05, 4.69) is 6.58 Å². The van der Waals surface area contributed by atoms with Crippen LogP contribution >= 0.6 is 0 Å². The van der Waals surface area contributed by atoms with Gasteiger partial charge in [0.15, 0.2) is 0 Å². The molecule has 0 rings (SSSR count). The zero-order chi connectivity index (χ0) is 10.5. The first-order chi connectivity index (χ1) is 6.01. The van der Waals surface area contributed by atoms with E-state index in [0.29, 0.717) is 6.61 Å². The van der Waals surface area contributed by atoms with Gasteiger partial charge < -0.3 is 9.84 Å². The van der Waals surface area contributed by atoms with Crippen LogP contribution in [0.25, 0.3) is 0 Å². The second kappa shape index (κ2) is 5.40. The standard InChI is InChI=1S/C11H22O2/c1-6-9(4)10(12)11(5,7-2)13-8-3/h10,12H,4,6-8H2,1-3,5H3. The van der Waals surface area contributed by atoms with Crippen molar-refractivity contribution in [2.24, 2.45) is 0 Å². The van der Waals surface area contributed by atoms with E-state index in [-0.39, 0.29) is 0 Å². The SMILES string of the molecule is C=C(CC)C(O)C(C)(CC)OCC. The van der Waals surface area contributed by atoms with Crippen molar-refractivity contribution in [3.8, 4) is 0 Å². The first kappa shape index (κ1) is 12.7. The Balaban J connectivity index is 4.45. The molecule has 0 aliphatic heterocycles. The van der Waals surface area contributed by atoms with Crippen LogP contribution in [0.5, 0.6) is 0 Å². The number of hydrogen-bond acceptors (Lipinski definition) is 2. The monoisotopic (exact) mass is 186 g/mol. The highest BCUT2D eigenvalue weighted by atomic mass is 16.5. The fourth-order valence-corrected chi connectivity index (χ4v) is 1.33. The summed E-state index contributed by atoms with van der Waals surface area (Å²) in [5.41, 5.74) is 0.375. The van der Waals surface area contributed by atoms with Gasteiger partial charge in [-0.15, -0.1) is 0 Å². The average molecular weight is 186 g/mol. The lowest BCUT2D eigenvalue weighted by Gasteiger charge is -2.34. The van der Waals surface area contributed by atoms with Crippen molar-refractivity contribution in [2.45, 2.75) is 52.2 Å². The Labute approximate surface area is 81.6 Å². The lowest BCUT2D eigenvalue weighted by molar-refractivity contribution is -0.0971. The number of hydrogen-bond donors (Lipinski definition) is 1. The van der Waals surface area contributed by atoms with Crippen molar-refractivity contribution in [2.75, 3.05) is 6.61 Å². The minimum atomic E-state index is -0.553. The van der Waals surface area contributed by atoms with Crippen LogP contribution in [0, 0.1) is 0 Å². The third-order valence-corrected chi connectivity index (χ3v) is 2.60. The maximum absolute atomic E-state index is 9.94. The Bertz CT molecular complexity index is 165. The van der Waals surface area contributed by atoms with Crippen molar-refractivity contribution in [1.29, 1.82) is 0 Å². The van der Waals surface area contributed by atoms with Crippen LogP contribution in [-0.4, -0.2) is 23.4 Å². The molecule has 0 spiro atoms. The Morgan fingerprint density at radius 1 is 1.46 bits per heavy atom. The highest BCUT2D eigenvalue weighted by Gasteiger charge is 2.32. The Morgan fingerprint density at radius 3 is 2.31 bits per heavy atom. The highest BCUT2D eigenvalue weighted by molar-refractivity contribution is 5.08. The zero-order valence-electron chi connectivity index (χ0n) is 9.26. The maximum atomic E-state index is 9.94.